The summed E-state index contributed by atoms with van der Waals surface area (Å²) in [6.45, 7) is 9.10. The molecule has 2 heteroatoms. The Bertz CT molecular complexity index is 150. The molecule has 1 aliphatic carbocycles. The van der Waals surface area contributed by atoms with Crippen molar-refractivity contribution in [2.24, 2.45) is 0 Å². The Morgan fingerprint density at radius 1 is 1.58 bits per heavy atom. The van der Waals surface area contributed by atoms with E-state index in [0.717, 1.165) is 25.7 Å². The minimum atomic E-state index is 0.886. The normalized spacial score (nSPS) is 16.9. The maximum absolute atomic E-state index is 3.84. The van der Waals surface area contributed by atoms with Crippen molar-refractivity contribution in [3.8, 4) is 0 Å². The van der Waals surface area contributed by atoms with E-state index in [9.17, 15) is 0 Å². The molecule has 1 saturated carbocycles. The monoisotopic (exact) mass is 168 g/mol. The van der Waals surface area contributed by atoms with Crippen LogP contribution < -0.4 is 5.32 Å². The molecular weight excluding hydrogens is 148 g/mol. The molecule has 0 heterocycles. The van der Waals surface area contributed by atoms with Gasteiger partial charge in [-0.1, -0.05) is 12.2 Å². The zero-order chi connectivity index (χ0) is 8.97. The Morgan fingerprint density at radius 3 is 2.75 bits per heavy atom. The van der Waals surface area contributed by atoms with E-state index in [4.69, 9.17) is 0 Å². The van der Waals surface area contributed by atoms with Gasteiger partial charge < -0.3 is 10.2 Å². The minimum absolute atomic E-state index is 0.886. The third kappa shape index (κ3) is 3.88. The summed E-state index contributed by atoms with van der Waals surface area (Å²) >= 11 is 0. The van der Waals surface area contributed by atoms with Gasteiger partial charge in [-0.05, 0) is 26.8 Å². The van der Waals surface area contributed by atoms with Crippen LogP contribution in [0.3, 0.4) is 0 Å². The highest BCUT2D eigenvalue weighted by atomic mass is 15.2. The van der Waals surface area contributed by atoms with Crippen LogP contribution in [0.1, 0.15) is 19.8 Å². The Kier molecular flexibility index (Phi) is 3.76. The van der Waals surface area contributed by atoms with Crippen LogP contribution in [0, 0.1) is 0 Å². The molecule has 0 radical (unpaired) electrons. The van der Waals surface area contributed by atoms with Crippen molar-refractivity contribution < 1.29 is 0 Å². The summed E-state index contributed by atoms with van der Waals surface area (Å²) in [5.41, 5.74) is 1.21. The summed E-state index contributed by atoms with van der Waals surface area (Å²) in [5.74, 6) is 0. The Hall–Kier alpha value is -0.340. The summed E-state index contributed by atoms with van der Waals surface area (Å²) < 4.78 is 0. The van der Waals surface area contributed by atoms with E-state index >= 15 is 0 Å². The first-order chi connectivity index (χ1) is 5.70. The van der Waals surface area contributed by atoms with E-state index in [1.165, 1.54) is 18.4 Å². The van der Waals surface area contributed by atoms with Gasteiger partial charge in [0.25, 0.3) is 0 Å². The summed E-state index contributed by atoms with van der Waals surface area (Å²) in [7, 11) is 2.21. The molecule has 0 unspecified atom stereocenters. The maximum atomic E-state index is 3.84. The standard InChI is InChI=1S/C10H20N2/c1-9(2)8-11-6-7-12(3)10-4-5-10/h10-11H,1,4-8H2,2-3H3. The van der Waals surface area contributed by atoms with Crippen molar-refractivity contribution >= 4 is 0 Å². The van der Waals surface area contributed by atoms with Crippen LogP contribution in [0.15, 0.2) is 12.2 Å². The molecular formula is C10H20N2. The van der Waals surface area contributed by atoms with Crippen LogP contribution >= 0.6 is 0 Å². The van der Waals surface area contributed by atoms with Gasteiger partial charge in [0.15, 0.2) is 0 Å². The highest BCUT2D eigenvalue weighted by Crippen LogP contribution is 2.24. The number of likely N-dealkylation sites (N-methyl/N-ethyl adjacent to an activating group) is 1. The van der Waals surface area contributed by atoms with Crippen LogP contribution in [0.5, 0.6) is 0 Å². The van der Waals surface area contributed by atoms with Crippen LogP contribution in [-0.4, -0.2) is 37.6 Å². The number of hydrogen-bond acceptors (Lipinski definition) is 2. The third-order valence-corrected chi connectivity index (χ3v) is 2.24. The zero-order valence-electron chi connectivity index (χ0n) is 8.27. The molecule has 0 aliphatic heterocycles. The first kappa shape index (κ1) is 9.75. The number of nitrogens with zero attached hydrogens (tertiary/aromatic N) is 1. The number of hydrogen-bond donors (Lipinski definition) is 1. The van der Waals surface area contributed by atoms with E-state index < -0.39 is 0 Å². The summed E-state index contributed by atoms with van der Waals surface area (Å²) in [6.07, 6.45) is 2.80. The van der Waals surface area contributed by atoms with Crippen molar-refractivity contribution in [2.75, 3.05) is 26.7 Å². The summed E-state index contributed by atoms with van der Waals surface area (Å²) in [5, 5.41) is 3.36. The summed E-state index contributed by atoms with van der Waals surface area (Å²) in [6, 6.07) is 0.886. The van der Waals surface area contributed by atoms with E-state index in [-0.39, 0.29) is 0 Å². The van der Waals surface area contributed by atoms with Gasteiger partial charge in [0.05, 0.1) is 0 Å². The third-order valence-electron chi connectivity index (χ3n) is 2.24. The fourth-order valence-corrected chi connectivity index (χ4v) is 1.26. The molecule has 0 atom stereocenters. The molecule has 0 amide bonds. The van der Waals surface area contributed by atoms with Crippen molar-refractivity contribution in [3.05, 3.63) is 12.2 Å². The Balaban J connectivity index is 1.90. The molecule has 1 fully saturated rings. The average Bonchev–Trinajstić information content (AvgIpc) is 2.79. The molecule has 12 heavy (non-hydrogen) atoms. The smallest absolute Gasteiger partial charge is 0.0159 e. The van der Waals surface area contributed by atoms with Crippen LogP contribution in [0.25, 0.3) is 0 Å². The van der Waals surface area contributed by atoms with Gasteiger partial charge in [-0.2, -0.15) is 0 Å². The molecule has 1 rings (SSSR count). The highest BCUT2D eigenvalue weighted by molar-refractivity contribution is 4.90. The van der Waals surface area contributed by atoms with Crippen LogP contribution in [-0.2, 0) is 0 Å². The lowest BCUT2D eigenvalue weighted by Gasteiger charge is -2.15. The SMILES string of the molecule is C=C(C)CNCCN(C)C1CC1. The van der Waals surface area contributed by atoms with Gasteiger partial charge >= 0.3 is 0 Å². The van der Waals surface area contributed by atoms with Gasteiger partial charge in [0.1, 0.15) is 0 Å². The topological polar surface area (TPSA) is 15.3 Å². The van der Waals surface area contributed by atoms with E-state index in [2.05, 4.69) is 30.8 Å². The Labute approximate surface area is 75.6 Å². The average molecular weight is 168 g/mol. The molecule has 0 aromatic heterocycles. The van der Waals surface area contributed by atoms with E-state index in [1.54, 1.807) is 0 Å². The molecule has 0 spiro atoms. The van der Waals surface area contributed by atoms with Gasteiger partial charge in [-0.3, -0.25) is 0 Å². The highest BCUT2D eigenvalue weighted by Gasteiger charge is 2.25. The predicted octanol–water partition coefficient (Wildman–Crippen LogP) is 1.25. The van der Waals surface area contributed by atoms with Gasteiger partial charge in [-0.25, -0.2) is 0 Å². The van der Waals surface area contributed by atoms with Crippen LogP contribution in [0.2, 0.25) is 0 Å². The number of rotatable bonds is 6. The second-order valence-corrected chi connectivity index (χ2v) is 3.85. The largest absolute Gasteiger partial charge is 0.312 e. The first-order valence-corrected chi connectivity index (χ1v) is 4.75. The number of nitrogens with one attached hydrogen (secondary N) is 1. The van der Waals surface area contributed by atoms with Gasteiger partial charge in [0.2, 0.25) is 0 Å². The first-order valence-electron chi connectivity index (χ1n) is 4.75. The van der Waals surface area contributed by atoms with Crippen molar-refractivity contribution in [1.29, 1.82) is 0 Å². The molecule has 0 saturated heterocycles. The van der Waals surface area contributed by atoms with Gasteiger partial charge in [-0.15, -0.1) is 0 Å². The van der Waals surface area contributed by atoms with E-state index in [1.807, 2.05) is 0 Å². The van der Waals surface area contributed by atoms with Crippen molar-refractivity contribution in [1.82, 2.24) is 10.2 Å². The molecule has 1 N–H and O–H groups in total. The minimum Gasteiger partial charge on any atom is -0.312 e. The van der Waals surface area contributed by atoms with Gasteiger partial charge in [0, 0.05) is 25.7 Å². The second-order valence-electron chi connectivity index (χ2n) is 3.85. The zero-order valence-corrected chi connectivity index (χ0v) is 8.27. The van der Waals surface area contributed by atoms with Crippen LogP contribution in [0.4, 0.5) is 0 Å². The van der Waals surface area contributed by atoms with Crippen molar-refractivity contribution in [3.63, 3.8) is 0 Å². The molecule has 1 aliphatic rings. The lowest BCUT2D eigenvalue weighted by molar-refractivity contribution is 0.323. The molecule has 0 bridgehead atoms. The summed E-state index contributed by atoms with van der Waals surface area (Å²) in [4.78, 5) is 2.44. The quantitative estimate of drug-likeness (QED) is 0.474. The molecule has 70 valence electrons. The fraction of sp³-hybridized carbons (Fsp3) is 0.800. The van der Waals surface area contributed by atoms with Crippen molar-refractivity contribution in [2.45, 2.75) is 25.8 Å². The van der Waals surface area contributed by atoms with E-state index in [0.29, 0.717) is 0 Å². The maximum Gasteiger partial charge on any atom is 0.0159 e. The second kappa shape index (κ2) is 4.63. The Morgan fingerprint density at radius 2 is 2.25 bits per heavy atom. The molecule has 0 aromatic carbocycles. The lowest BCUT2D eigenvalue weighted by atomic mass is 10.3. The fourth-order valence-electron chi connectivity index (χ4n) is 1.26. The molecule has 0 aromatic rings. The predicted molar refractivity (Wildman–Crippen MR) is 53.3 cm³/mol. The molecule has 2 nitrogen and oxygen atoms in total. The lowest BCUT2D eigenvalue weighted by Crippen LogP contribution is -2.31.